The molecule has 10 heteroatoms. The Morgan fingerprint density at radius 3 is 2.52 bits per heavy atom. The molecule has 0 spiro atoms. The lowest BCUT2D eigenvalue weighted by molar-refractivity contribution is 0.270. The Bertz CT molecular complexity index is 1040. The summed E-state index contributed by atoms with van der Waals surface area (Å²) in [5, 5.41) is 4.13. The van der Waals surface area contributed by atoms with Crippen LogP contribution >= 0.6 is 0 Å². The maximum atomic E-state index is 12.8. The fraction of sp³-hybridized carbons (Fsp3) is 0.471. The van der Waals surface area contributed by atoms with E-state index in [-0.39, 0.29) is 10.9 Å². The van der Waals surface area contributed by atoms with E-state index in [0.717, 1.165) is 11.3 Å². The van der Waals surface area contributed by atoms with Gasteiger partial charge in [-0.25, -0.2) is 13.4 Å². The van der Waals surface area contributed by atoms with Gasteiger partial charge in [-0.2, -0.15) is 9.29 Å². The fourth-order valence-electron chi connectivity index (χ4n) is 3.25. The number of imidazole rings is 1. The highest BCUT2D eigenvalue weighted by molar-refractivity contribution is 7.89. The zero-order valence-corrected chi connectivity index (χ0v) is 16.2. The van der Waals surface area contributed by atoms with Crippen LogP contribution < -0.4 is 0 Å². The quantitative estimate of drug-likeness (QED) is 0.671. The maximum absolute atomic E-state index is 12.8. The molecule has 4 heterocycles. The Morgan fingerprint density at radius 1 is 1.19 bits per heavy atom. The Balaban J connectivity index is 1.46. The lowest BCUT2D eigenvalue weighted by Gasteiger charge is -2.28. The van der Waals surface area contributed by atoms with Gasteiger partial charge in [-0.3, -0.25) is 0 Å². The van der Waals surface area contributed by atoms with Gasteiger partial charge in [-0.1, -0.05) is 5.16 Å². The van der Waals surface area contributed by atoms with Crippen LogP contribution in [0, 0.1) is 13.8 Å². The molecule has 0 bridgehead atoms. The third-order valence-electron chi connectivity index (χ3n) is 5.04. The molecular formula is C17H21N5O4S. The summed E-state index contributed by atoms with van der Waals surface area (Å²) in [5.74, 6) is 2.47. The predicted molar refractivity (Wildman–Crippen MR) is 95.4 cm³/mol. The van der Waals surface area contributed by atoms with Crippen LogP contribution in [0.4, 0.5) is 0 Å². The Kier molecular flexibility index (Phi) is 4.39. The van der Waals surface area contributed by atoms with Crippen molar-refractivity contribution in [2.24, 2.45) is 7.05 Å². The van der Waals surface area contributed by atoms with Crippen molar-refractivity contribution < 1.29 is 17.4 Å². The molecule has 144 valence electrons. The summed E-state index contributed by atoms with van der Waals surface area (Å²) < 4.78 is 39.4. The van der Waals surface area contributed by atoms with E-state index in [1.807, 2.05) is 6.92 Å². The number of furan rings is 1. The van der Waals surface area contributed by atoms with Crippen molar-refractivity contribution in [2.75, 3.05) is 13.1 Å². The summed E-state index contributed by atoms with van der Waals surface area (Å²) in [6, 6.07) is 1.80. The molecule has 3 aromatic heterocycles. The minimum absolute atomic E-state index is 0.0374. The van der Waals surface area contributed by atoms with Gasteiger partial charge >= 0.3 is 0 Å². The van der Waals surface area contributed by atoms with Gasteiger partial charge < -0.3 is 13.5 Å². The first-order valence-corrected chi connectivity index (χ1v) is 10.2. The van der Waals surface area contributed by atoms with Crippen molar-refractivity contribution in [3.8, 4) is 11.4 Å². The lowest BCUT2D eigenvalue weighted by atomic mass is 9.98. The number of hydrogen-bond donors (Lipinski definition) is 0. The highest BCUT2D eigenvalue weighted by atomic mass is 32.2. The standard InChI is InChI=1S/C17H21N5O4S/c1-11-14(6-9-25-11)16-19-17(26-20-16)13-4-7-22(8-5-13)27(23,24)15-10-21(3)12(2)18-15/h6,9-10,13H,4-5,7-8H2,1-3H3. The van der Waals surface area contributed by atoms with E-state index in [1.165, 1.54) is 4.31 Å². The van der Waals surface area contributed by atoms with Crippen LogP contribution in [0.25, 0.3) is 11.4 Å². The summed E-state index contributed by atoms with van der Waals surface area (Å²) in [5.41, 5.74) is 0.801. The van der Waals surface area contributed by atoms with Crippen LogP contribution in [0.1, 0.15) is 36.2 Å². The Hall–Kier alpha value is -2.46. The van der Waals surface area contributed by atoms with Crippen LogP contribution in [-0.2, 0) is 17.1 Å². The van der Waals surface area contributed by atoms with E-state index >= 15 is 0 Å². The Labute approximate surface area is 157 Å². The van der Waals surface area contributed by atoms with E-state index in [1.54, 1.807) is 37.1 Å². The van der Waals surface area contributed by atoms with E-state index in [4.69, 9.17) is 8.94 Å². The van der Waals surface area contributed by atoms with Gasteiger partial charge in [0, 0.05) is 32.3 Å². The topological polar surface area (TPSA) is 107 Å². The number of rotatable bonds is 4. The number of aromatic nitrogens is 4. The fourth-order valence-corrected chi connectivity index (χ4v) is 4.75. The molecule has 0 atom stereocenters. The van der Waals surface area contributed by atoms with E-state index in [9.17, 15) is 8.42 Å². The van der Waals surface area contributed by atoms with Gasteiger partial charge in [0.2, 0.25) is 11.7 Å². The van der Waals surface area contributed by atoms with Crippen molar-refractivity contribution in [2.45, 2.75) is 37.6 Å². The molecule has 0 unspecified atom stereocenters. The SMILES string of the molecule is Cc1occc1-c1noc(C2CCN(S(=O)(=O)c3cn(C)c(C)n3)CC2)n1. The zero-order chi connectivity index (χ0) is 19.2. The lowest BCUT2D eigenvalue weighted by Crippen LogP contribution is -2.38. The first-order valence-electron chi connectivity index (χ1n) is 8.74. The van der Waals surface area contributed by atoms with Gasteiger partial charge in [0.15, 0.2) is 5.03 Å². The molecule has 27 heavy (non-hydrogen) atoms. The number of sulfonamides is 1. The van der Waals surface area contributed by atoms with Crippen molar-refractivity contribution in [3.05, 3.63) is 36.0 Å². The monoisotopic (exact) mass is 391 g/mol. The van der Waals surface area contributed by atoms with Crippen LogP contribution in [0.3, 0.4) is 0 Å². The third-order valence-corrected chi connectivity index (χ3v) is 6.81. The molecule has 9 nitrogen and oxygen atoms in total. The molecule has 1 aliphatic heterocycles. The maximum Gasteiger partial charge on any atom is 0.262 e. The summed E-state index contributed by atoms with van der Waals surface area (Å²) in [7, 11) is -1.80. The number of piperidine rings is 1. The third kappa shape index (κ3) is 3.19. The second-order valence-electron chi connectivity index (χ2n) is 6.76. The molecule has 0 N–H and O–H groups in total. The Morgan fingerprint density at radius 2 is 1.93 bits per heavy atom. The normalized spacial score (nSPS) is 16.9. The minimum Gasteiger partial charge on any atom is -0.469 e. The molecule has 3 aromatic rings. The van der Waals surface area contributed by atoms with Crippen molar-refractivity contribution in [1.82, 2.24) is 24.0 Å². The first kappa shape index (κ1) is 17.9. The molecular weight excluding hydrogens is 370 g/mol. The summed E-state index contributed by atoms with van der Waals surface area (Å²) >= 11 is 0. The molecule has 1 saturated heterocycles. The number of aryl methyl sites for hydroxylation is 3. The van der Waals surface area contributed by atoms with E-state index < -0.39 is 10.0 Å². The molecule has 0 saturated carbocycles. The molecule has 0 radical (unpaired) electrons. The van der Waals surface area contributed by atoms with E-state index in [2.05, 4.69) is 15.1 Å². The van der Waals surface area contributed by atoms with Crippen molar-refractivity contribution in [1.29, 1.82) is 0 Å². The molecule has 0 amide bonds. The summed E-state index contributed by atoms with van der Waals surface area (Å²) in [4.78, 5) is 8.63. The van der Waals surface area contributed by atoms with Crippen LogP contribution in [0.2, 0.25) is 0 Å². The van der Waals surface area contributed by atoms with Crippen molar-refractivity contribution in [3.63, 3.8) is 0 Å². The smallest absolute Gasteiger partial charge is 0.262 e. The average molecular weight is 391 g/mol. The summed E-state index contributed by atoms with van der Waals surface area (Å²) in [6.45, 7) is 4.41. The molecule has 0 aromatic carbocycles. The molecule has 1 aliphatic rings. The van der Waals surface area contributed by atoms with Gasteiger partial charge in [-0.15, -0.1) is 0 Å². The number of hydrogen-bond acceptors (Lipinski definition) is 7. The highest BCUT2D eigenvalue weighted by Gasteiger charge is 2.33. The van der Waals surface area contributed by atoms with E-state index in [0.29, 0.717) is 43.5 Å². The second-order valence-corrected chi connectivity index (χ2v) is 8.65. The van der Waals surface area contributed by atoms with Crippen LogP contribution in [0.5, 0.6) is 0 Å². The minimum atomic E-state index is -3.58. The summed E-state index contributed by atoms with van der Waals surface area (Å²) in [6.07, 6.45) is 4.38. The first-order chi connectivity index (χ1) is 12.9. The average Bonchev–Trinajstić information content (AvgIpc) is 3.36. The molecule has 0 aliphatic carbocycles. The predicted octanol–water partition coefficient (Wildman–Crippen LogP) is 2.25. The van der Waals surface area contributed by atoms with Gasteiger partial charge in [0.25, 0.3) is 10.0 Å². The molecule has 4 rings (SSSR count). The highest BCUT2D eigenvalue weighted by Crippen LogP contribution is 2.31. The molecule has 1 fully saturated rings. The van der Waals surface area contributed by atoms with Crippen LogP contribution in [-0.4, -0.2) is 45.5 Å². The van der Waals surface area contributed by atoms with Crippen LogP contribution in [0.15, 0.2) is 32.5 Å². The van der Waals surface area contributed by atoms with Crippen molar-refractivity contribution >= 4 is 10.0 Å². The van der Waals surface area contributed by atoms with Gasteiger partial charge in [0.1, 0.15) is 11.6 Å². The zero-order valence-electron chi connectivity index (χ0n) is 15.4. The van der Waals surface area contributed by atoms with Gasteiger partial charge in [-0.05, 0) is 32.8 Å². The number of nitrogens with zero attached hydrogens (tertiary/aromatic N) is 5. The van der Waals surface area contributed by atoms with Gasteiger partial charge in [0.05, 0.1) is 11.8 Å². The second kappa shape index (κ2) is 6.61. The largest absolute Gasteiger partial charge is 0.469 e.